The van der Waals surface area contributed by atoms with Crippen molar-refractivity contribution in [1.29, 1.82) is 0 Å². The molecule has 0 saturated carbocycles. The summed E-state index contributed by atoms with van der Waals surface area (Å²) in [5.41, 5.74) is 3.31. The van der Waals surface area contributed by atoms with Gasteiger partial charge in [-0.25, -0.2) is 0 Å². The molecule has 0 bridgehead atoms. The molecule has 140 valence electrons. The van der Waals surface area contributed by atoms with Gasteiger partial charge in [-0.3, -0.25) is 4.79 Å². The predicted octanol–water partition coefficient (Wildman–Crippen LogP) is 4.17. The van der Waals surface area contributed by atoms with Gasteiger partial charge in [0.1, 0.15) is 0 Å². The van der Waals surface area contributed by atoms with Crippen LogP contribution in [0.1, 0.15) is 43.3 Å². The molecule has 28 heavy (non-hydrogen) atoms. The molecule has 0 unspecified atom stereocenters. The van der Waals surface area contributed by atoms with Crippen LogP contribution in [0.15, 0.2) is 59.4 Å². The van der Waals surface area contributed by atoms with Crippen molar-refractivity contribution < 1.29 is 0 Å². The highest BCUT2D eigenvalue weighted by atomic mass is 32.1. The summed E-state index contributed by atoms with van der Waals surface area (Å²) in [6.07, 6.45) is 5.66. The molecule has 0 N–H and O–H groups in total. The minimum absolute atomic E-state index is 0.111. The predicted molar refractivity (Wildman–Crippen MR) is 116 cm³/mol. The van der Waals surface area contributed by atoms with Crippen LogP contribution < -0.4 is 10.1 Å². The molecule has 0 aliphatic heterocycles. The van der Waals surface area contributed by atoms with Gasteiger partial charge in [-0.05, 0) is 34.3 Å². The number of nitrogens with zero attached hydrogens (tertiary/aromatic N) is 3. The van der Waals surface area contributed by atoms with E-state index in [1.165, 1.54) is 21.4 Å². The van der Waals surface area contributed by atoms with Gasteiger partial charge in [0.05, 0.1) is 4.53 Å². The number of hydrogen-bond acceptors (Lipinski definition) is 4. The first kappa shape index (κ1) is 18.3. The van der Waals surface area contributed by atoms with E-state index in [1.54, 1.807) is 0 Å². The lowest BCUT2D eigenvalue weighted by atomic mass is 9.87. The number of thiazole rings is 1. The average molecular weight is 388 g/mol. The maximum atomic E-state index is 12.7. The zero-order chi connectivity index (χ0) is 19.7. The van der Waals surface area contributed by atoms with Crippen LogP contribution in [0.4, 0.5) is 0 Å². The molecule has 2 aromatic heterocycles. The molecule has 0 amide bonds. The SMILES string of the molecule is CC(C)(C)c1ccc(/C=c2/sc3nc(/C=C/c4ccccc4)nn3c2=O)cc1. The summed E-state index contributed by atoms with van der Waals surface area (Å²) in [6, 6.07) is 18.3. The first-order valence-corrected chi connectivity index (χ1v) is 9.97. The highest BCUT2D eigenvalue weighted by Crippen LogP contribution is 2.22. The average Bonchev–Trinajstić information content (AvgIpc) is 3.20. The van der Waals surface area contributed by atoms with Gasteiger partial charge in [0.2, 0.25) is 4.96 Å². The Bertz CT molecular complexity index is 1240. The fourth-order valence-electron chi connectivity index (χ4n) is 2.89. The van der Waals surface area contributed by atoms with E-state index >= 15 is 0 Å². The fraction of sp³-hybridized carbons (Fsp3) is 0.174. The second kappa shape index (κ2) is 7.17. The smallest absolute Gasteiger partial charge is 0.266 e. The van der Waals surface area contributed by atoms with Gasteiger partial charge in [0, 0.05) is 0 Å². The maximum Gasteiger partial charge on any atom is 0.291 e. The van der Waals surface area contributed by atoms with Crippen LogP contribution in [0.5, 0.6) is 0 Å². The number of fused-ring (bicyclic) bond motifs is 1. The van der Waals surface area contributed by atoms with Gasteiger partial charge in [-0.1, -0.05) is 92.8 Å². The zero-order valence-electron chi connectivity index (χ0n) is 16.1. The zero-order valence-corrected chi connectivity index (χ0v) is 16.9. The molecule has 2 heterocycles. The second-order valence-electron chi connectivity index (χ2n) is 7.70. The van der Waals surface area contributed by atoms with Crippen LogP contribution >= 0.6 is 11.3 Å². The summed E-state index contributed by atoms with van der Waals surface area (Å²) < 4.78 is 2.02. The highest BCUT2D eigenvalue weighted by Gasteiger charge is 2.13. The number of rotatable bonds is 3. The lowest BCUT2D eigenvalue weighted by Gasteiger charge is -2.18. The Balaban J connectivity index is 1.64. The first-order valence-electron chi connectivity index (χ1n) is 9.15. The number of aromatic nitrogens is 3. The molecule has 4 rings (SSSR count). The molecule has 0 aliphatic rings. The van der Waals surface area contributed by atoms with Crippen molar-refractivity contribution in [1.82, 2.24) is 14.6 Å². The largest absolute Gasteiger partial charge is 0.291 e. The molecular weight excluding hydrogens is 366 g/mol. The van der Waals surface area contributed by atoms with Gasteiger partial charge in [-0.15, -0.1) is 5.10 Å². The molecule has 0 saturated heterocycles. The third kappa shape index (κ3) is 3.80. The van der Waals surface area contributed by atoms with E-state index in [4.69, 9.17) is 0 Å². The highest BCUT2D eigenvalue weighted by molar-refractivity contribution is 7.15. The molecule has 4 nitrogen and oxygen atoms in total. The van der Waals surface area contributed by atoms with E-state index in [0.717, 1.165) is 11.1 Å². The summed E-state index contributed by atoms with van der Waals surface area (Å²) in [5, 5.41) is 4.33. The van der Waals surface area contributed by atoms with Crippen molar-refractivity contribution >= 4 is 34.5 Å². The summed E-state index contributed by atoms with van der Waals surface area (Å²) in [5.74, 6) is 0.535. The maximum absolute atomic E-state index is 12.7. The normalized spacial score (nSPS) is 13.0. The third-order valence-electron chi connectivity index (χ3n) is 4.50. The molecule has 5 heteroatoms. The van der Waals surface area contributed by atoms with Crippen LogP contribution in [0.2, 0.25) is 0 Å². The monoisotopic (exact) mass is 387 g/mol. The van der Waals surface area contributed by atoms with Crippen molar-refractivity contribution in [3.05, 3.63) is 92.0 Å². The summed E-state index contributed by atoms with van der Waals surface area (Å²) in [6.45, 7) is 6.56. The molecule has 0 spiro atoms. The van der Waals surface area contributed by atoms with Crippen LogP contribution in [-0.2, 0) is 5.41 Å². The third-order valence-corrected chi connectivity index (χ3v) is 5.46. The van der Waals surface area contributed by atoms with E-state index in [0.29, 0.717) is 15.3 Å². The van der Waals surface area contributed by atoms with Crippen molar-refractivity contribution in [2.45, 2.75) is 26.2 Å². The van der Waals surface area contributed by atoms with Gasteiger partial charge in [0.25, 0.3) is 5.56 Å². The minimum atomic E-state index is -0.133. The van der Waals surface area contributed by atoms with Gasteiger partial charge >= 0.3 is 0 Å². The quantitative estimate of drug-likeness (QED) is 0.530. The molecule has 0 aliphatic carbocycles. The molecule has 0 radical (unpaired) electrons. The second-order valence-corrected chi connectivity index (χ2v) is 8.71. The van der Waals surface area contributed by atoms with Crippen LogP contribution in [0, 0.1) is 0 Å². The van der Waals surface area contributed by atoms with E-state index in [-0.39, 0.29) is 11.0 Å². The van der Waals surface area contributed by atoms with Crippen LogP contribution in [0.25, 0.3) is 23.2 Å². The van der Waals surface area contributed by atoms with Gasteiger partial charge < -0.3 is 0 Å². The van der Waals surface area contributed by atoms with Crippen molar-refractivity contribution in [2.24, 2.45) is 0 Å². The van der Waals surface area contributed by atoms with Crippen molar-refractivity contribution in [3.63, 3.8) is 0 Å². The lowest BCUT2D eigenvalue weighted by molar-refractivity contribution is 0.590. The molecule has 0 fully saturated rings. The first-order chi connectivity index (χ1) is 13.4. The Kier molecular flexibility index (Phi) is 4.69. The number of benzene rings is 2. The van der Waals surface area contributed by atoms with E-state index < -0.39 is 0 Å². The number of hydrogen-bond donors (Lipinski definition) is 0. The van der Waals surface area contributed by atoms with E-state index in [1.807, 2.05) is 60.7 Å². The Morgan fingerprint density at radius 1 is 0.929 bits per heavy atom. The summed E-state index contributed by atoms with van der Waals surface area (Å²) >= 11 is 1.36. The topological polar surface area (TPSA) is 47.3 Å². The van der Waals surface area contributed by atoms with Gasteiger partial charge in [-0.2, -0.15) is 9.50 Å². The van der Waals surface area contributed by atoms with Crippen molar-refractivity contribution in [2.75, 3.05) is 0 Å². The fourth-order valence-corrected chi connectivity index (χ4v) is 3.80. The molecule has 4 aromatic rings. The minimum Gasteiger partial charge on any atom is -0.266 e. The lowest BCUT2D eigenvalue weighted by Crippen LogP contribution is -2.23. The van der Waals surface area contributed by atoms with Gasteiger partial charge in [0.15, 0.2) is 5.82 Å². The molecular formula is C23H21N3OS. The molecule has 0 atom stereocenters. The van der Waals surface area contributed by atoms with E-state index in [2.05, 4.69) is 43.0 Å². The van der Waals surface area contributed by atoms with Crippen LogP contribution in [-0.4, -0.2) is 14.6 Å². The van der Waals surface area contributed by atoms with E-state index in [9.17, 15) is 4.79 Å². The standard InChI is InChI=1S/C23H21N3OS/c1-23(2,3)18-12-9-17(10-13-18)15-19-21(27)26-22(28-19)24-20(25-26)14-11-16-7-5-4-6-8-16/h4-15H,1-3H3/b14-11+,19-15+. The van der Waals surface area contributed by atoms with Crippen molar-refractivity contribution in [3.8, 4) is 0 Å². The Morgan fingerprint density at radius 3 is 2.29 bits per heavy atom. The Hall–Kier alpha value is -3.05. The summed E-state index contributed by atoms with van der Waals surface area (Å²) in [4.78, 5) is 17.7. The molecule has 2 aromatic carbocycles. The summed E-state index contributed by atoms with van der Waals surface area (Å²) in [7, 11) is 0. The van der Waals surface area contributed by atoms with Crippen LogP contribution in [0.3, 0.4) is 0 Å². The Morgan fingerprint density at radius 2 is 1.64 bits per heavy atom. The Labute approximate surface area is 167 Å².